The smallest absolute Gasteiger partial charge is 0.156 e. The number of anilines is 2. The Morgan fingerprint density at radius 3 is 1.83 bits per heavy atom. The van der Waals surface area contributed by atoms with E-state index in [0.29, 0.717) is 5.92 Å². The molecule has 1 aromatic carbocycles. The van der Waals surface area contributed by atoms with Crippen LogP contribution in [-0.4, -0.2) is 11.6 Å². The average Bonchev–Trinajstić information content (AvgIpc) is 2.45. The van der Waals surface area contributed by atoms with Crippen molar-refractivity contribution in [1.29, 1.82) is 0 Å². The van der Waals surface area contributed by atoms with Crippen LogP contribution in [0.3, 0.4) is 0 Å². The predicted octanol–water partition coefficient (Wildman–Crippen LogP) is 3.75. The third-order valence-corrected chi connectivity index (χ3v) is 4.31. The Balaban J connectivity index is 0.000000238. The fraction of sp³-hybridized carbons (Fsp3) is 0.474. The molecule has 0 spiro atoms. The zero-order chi connectivity index (χ0) is 17.7. The van der Waals surface area contributed by atoms with Crippen LogP contribution in [0.4, 0.5) is 11.4 Å². The number of nitrogen functional groups attached to an aromatic ring is 2. The first kappa shape index (κ1) is 18.9. The lowest BCUT2D eigenvalue weighted by Crippen LogP contribution is -2.16. The van der Waals surface area contributed by atoms with Gasteiger partial charge in [-0.05, 0) is 70.1 Å². The average molecular weight is 316 g/mol. The highest BCUT2D eigenvalue weighted by molar-refractivity contribution is 6.04. The second-order valence-electron chi connectivity index (χ2n) is 6.48. The molecule has 1 unspecified atom stereocenters. The van der Waals surface area contributed by atoms with Gasteiger partial charge in [-0.15, -0.1) is 0 Å². The van der Waals surface area contributed by atoms with E-state index in [1.165, 1.54) is 0 Å². The van der Waals surface area contributed by atoms with Crippen molar-refractivity contribution in [3.05, 3.63) is 34.4 Å². The first-order valence-corrected chi connectivity index (χ1v) is 7.99. The number of carbonyl (C=O) groups excluding carboxylic acids is 2. The molecule has 4 nitrogen and oxygen atoms in total. The molecule has 0 fully saturated rings. The molecule has 126 valence electrons. The largest absolute Gasteiger partial charge is 0.398 e. The van der Waals surface area contributed by atoms with Crippen molar-refractivity contribution in [2.24, 2.45) is 5.92 Å². The van der Waals surface area contributed by atoms with Crippen LogP contribution in [0.25, 0.3) is 0 Å². The Labute approximate surface area is 138 Å². The summed E-state index contributed by atoms with van der Waals surface area (Å²) in [6.07, 6.45) is 2.60. The fourth-order valence-electron chi connectivity index (χ4n) is 2.75. The van der Waals surface area contributed by atoms with Gasteiger partial charge in [0, 0.05) is 22.5 Å². The van der Waals surface area contributed by atoms with Gasteiger partial charge >= 0.3 is 0 Å². The number of benzene rings is 1. The molecule has 0 heterocycles. The van der Waals surface area contributed by atoms with Crippen molar-refractivity contribution < 1.29 is 9.59 Å². The van der Waals surface area contributed by atoms with Gasteiger partial charge < -0.3 is 11.5 Å². The summed E-state index contributed by atoms with van der Waals surface area (Å²) in [6.45, 7) is 9.17. The third-order valence-electron chi connectivity index (χ3n) is 4.31. The quantitative estimate of drug-likeness (QED) is 0.814. The number of hydrogen-bond donors (Lipinski definition) is 2. The van der Waals surface area contributed by atoms with Crippen LogP contribution in [-0.2, 0) is 9.59 Å². The molecule has 2 rings (SSSR count). The number of nitrogens with two attached hydrogens (primary N) is 2. The van der Waals surface area contributed by atoms with Crippen molar-refractivity contribution in [1.82, 2.24) is 0 Å². The van der Waals surface area contributed by atoms with Gasteiger partial charge in [-0.1, -0.05) is 13.0 Å². The molecule has 0 amide bonds. The molecule has 4 N–H and O–H groups in total. The number of rotatable bonds is 2. The second-order valence-corrected chi connectivity index (χ2v) is 6.48. The van der Waals surface area contributed by atoms with Gasteiger partial charge in [-0.3, -0.25) is 9.59 Å². The van der Waals surface area contributed by atoms with Crippen LogP contribution in [0, 0.1) is 19.8 Å². The van der Waals surface area contributed by atoms with E-state index in [0.717, 1.165) is 52.9 Å². The highest BCUT2D eigenvalue weighted by atomic mass is 16.1. The minimum absolute atomic E-state index is 0.0664. The number of hydrogen-bond acceptors (Lipinski definition) is 4. The maximum absolute atomic E-state index is 11.2. The molecule has 1 atom stereocenters. The lowest BCUT2D eigenvalue weighted by molar-refractivity contribution is -0.116. The van der Waals surface area contributed by atoms with Crippen LogP contribution < -0.4 is 11.5 Å². The van der Waals surface area contributed by atoms with E-state index < -0.39 is 0 Å². The summed E-state index contributed by atoms with van der Waals surface area (Å²) >= 11 is 0. The summed E-state index contributed by atoms with van der Waals surface area (Å²) in [5.41, 5.74) is 16.5. The van der Waals surface area contributed by atoms with E-state index in [-0.39, 0.29) is 11.6 Å². The van der Waals surface area contributed by atoms with Gasteiger partial charge in [0.25, 0.3) is 0 Å². The van der Waals surface area contributed by atoms with Crippen molar-refractivity contribution in [2.75, 3.05) is 11.5 Å². The summed E-state index contributed by atoms with van der Waals surface area (Å²) in [4.78, 5) is 22.5. The molecule has 4 heteroatoms. The van der Waals surface area contributed by atoms with Crippen LogP contribution in [0.1, 0.15) is 51.2 Å². The second kappa shape index (κ2) is 7.95. The summed E-state index contributed by atoms with van der Waals surface area (Å²) in [5.74, 6) is 0.677. The van der Waals surface area contributed by atoms with E-state index >= 15 is 0 Å². The maximum Gasteiger partial charge on any atom is 0.156 e. The summed E-state index contributed by atoms with van der Waals surface area (Å²) in [7, 11) is 0. The molecule has 0 bridgehead atoms. The molecule has 0 aromatic heterocycles. The Morgan fingerprint density at radius 1 is 0.957 bits per heavy atom. The molecule has 0 saturated carbocycles. The predicted molar refractivity (Wildman–Crippen MR) is 96.1 cm³/mol. The van der Waals surface area contributed by atoms with E-state index in [2.05, 4.69) is 6.92 Å². The van der Waals surface area contributed by atoms with Gasteiger partial charge in [-0.25, -0.2) is 0 Å². The summed E-state index contributed by atoms with van der Waals surface area (Å²) in [6, 6.07) is 3.79. The maximum atomic E-state index is 11.2. The standard InChI is InChI=1S/C11H16O2.C8H12N2/c1-7-4-5-10(8(2)12)11(6-7)9(3)13;1-5-3-6(2)8(10)4-7(5)9/h7H,4-6H2,1-3H3;3-4H,9-10H2,1-2H3. The van der Waals surface area contributed by atoms with Crippen LogP contribution in [0.15, 0.2) is 23.3 Å². The Hall–Kier alpha value is -2.10. The zero-order valence-electron chi connectivity index (χ0n) is 14.8. The third kappa shape index (κ3) is 5.23. The minimum Gasteiger partial charge on any atom is -0.398 e. The van der Waals surface area contributed by atoms with Crippen LogP contribution in [0.2, 0.25) is 0 Å². The zero-order valence-corrected chi connectivity index (χ0v) is 14.8. The van der Waals surface area contributed by atoms with Gasteiger partial charge in [0.2, 0.25) is 0 Å². The Kier molecular flexibility index (Phi) is 6.55. The lowest BCUT2D eigenvalue weighted by Gasteiger charge is -2.21. The molecule has 0 saturated heterocycles. The van der Waals surface area contributed by atoms with Gasteiger partial charge in [0.05, 0.1) is 0 Å². The molecular weight excluding hydrogens is 288 g/mol. The first-order chi connectivity index (χ1) is 10.6. The minimum atomic E-state index is 0.0664. The van der Waals surface area contributed by atoms with Crippen molar-refractivity contribution in [3.63, 3.8) is 0 Å². The number of allylic oxidation sites excluding steroid dienone is 2. The first-order valence-electron chi connectivity index (χ1n) is 7.99. The Morgan fingerprint density at radius 2 is 1.43 bits per heavy atom. The number of carbonyl (C=O) groups is 2. The van der Waals surface area contributed by atoms with E-state index in [1.54, 1.807) is 19.9 Å². The molecule has 1 aromatic rings. The SMILES string of the molecule is CC(=O)C1=C(C(C)=O)CC(C)CC1.Cc1cc(C)c(N)cc1N. The van der Waals surface area contributed by atoms with E-state index in [4.69, 9.17) is 11.5 Å². The highest BCUT2D eigenvalue weighted by Gasteiger charge is 2.22. The van der Waals surface area contributed by atoms with E-state index in [9.17, 15) is 9.59 Å². The van der Waals surface area contributed by atoms with Gasteiger partial charge in [-0.2, -0.15) is 0 Å². The number of Topliss-reactive ketones (excluding diaryl/α,β-unsaturated/α-hetero) is 2. The van der Waals surface area contributed by atoms with Crippen LogP contribution in [0.5, 0.6) is 0 Å². The molecule has 1 aliphatic rings. The van der Waals surface area contributed by atoms with Crippen molar-refractivity contribution in [3.8, 4) is 0 Å². The van der Waals surface area contributed by atoms with Gasteiger partial charge in [0.15, 0.2) is 11.6 Å². The summed E-state index contributed by atoms with van der Waals surface area (Å²) < 4.78 is 0. The van der Waals surface area contributed by atoms with Crippen molar-refractivity contribution in [2.45, 2.75) is 53.9 Å². The lowest BCUT2D eigenvalue weighted by atomic mass is 9.82. The number of ketones is 2. The monoisotopic (exact) mass is 316 g/mol. The highest BCUT2D eigenvalue weighted by Crippen LogP contribution is 2.30. The topological polar surface area (TPSA) is 86.2 Å². The molecule has 23 heavy (non-hydrogen) atoms. The van der Waals surface area contributed by atoms with Gasteiger partial charge in [0.1, 0.15) is 0 Å². The molecule has 0 aliphatic heterocycles. The molecule has 0 radical (unpaired) electrons. The normalized spacial score (nSPS) is 17.3. The van der Waals surface area contributed by atoms with E-state index in [1.807, 2.05) is 19.9 Å². The van der Waals surface area contributed by atoms with Crippen LogP contribution >= 0.6 is 0 Å². The molecular formula is C19H28N2O2. The molecule has 1 aliphatic carbocycles. The number of aryl methyl sites for hydroxylation is 2. The van der Waals surface area contributed by atoms with Crippen molar-refractivity contribution >= 4 is 22.9 Å². The summed E-state index contributed by atoms with van der Waals surface area (Å²) in [5, 5.41) is 0. The fourth-order valence-corrected chi connectivity index (χ4v) is 2.75. The Bertz CT molecular complexity index is 595.